The molecule has 3 nitrogen and oxygen atoms in total. The molecule has 1 saturated carbocycles. The summed E-state index contributed by atoms with van der Waals surface area (Å²) in [5.74, 6) is 1.70. The normalized spacial score (nSPS) is 15.7. The molecule has 0 spiro atoms. The van der Waals surface area contributed by atoms with E-state index in [2.05, 4.69) is 24.1 Å². The zero-order valence-corrected chi connectivity index (χ0v) is 11.8. The van der Waals surface area contributed by atoms with Gasteiger partial charge in [0.15, 0.2) is 0 Å². The minimum absolute atomic E-state index is 0.0357. The summed E-state index contributed by atoms with van der Waals surface area (Å²) in [6.07, 6.45) is 2.26. The van der Waals surface area contributed by atoms with Gasteiger partial charge in [0, 0.05) is 24.8 Å². The lowest BCUT2D eigenvalue weighted by Gasteiger charge is -2.23. The lowest BCUT2D eigenvalue weighted by Crippen LogP contribution is -2.37. The maximum atomic E-state index is 6.15. The van der Waals surface area contributed by atoms with Crippen LogP contribution in [0.15, 0.2) is 54.6 Å². The van der Waals surface area contributed by atoms with Gasteiger partial charge < -0.3 is 15.4 Å². The van der Waals surface area contributed by atoms with Crippen molar-refractivity contribution in [1.82, 2.24) is 0 Å². The molecule has 0 atom stereocenters. The van der Waals surface area contributed by atoms with Gasteiger partial charge in [-0.15, -0.1) is 0 Å². The first-order chi connectivity index (χ1) is 9.65. The first-order valence-corrected chi connectivity index (χ1v) is 6.98. The number of ether oxygens (including phenoxy) is 1. The summed E-state index contributed by atoms with van der Waals surface area (Å²) < 4.78 is 5.78. The van der Waals surface area contributed by atoms with Gasteiger partial charge in [-0.3, -0.25) is 0 Å². The van der Waals surface area contributed by atoms with Crippen LogP contribution >= 0.6 is 0 Å². The SMILES string of the molecule is CN(CC1(N)CC1)c1ccc(Oc2ccccc2)cc1. The van der Waals surface area contributed by atoms with E-state index in [0.717, 1.165) is 30.9 Å². The van der Waals surface area contributed by atoms with E-state index >= 15 is 0 Å². The van der Waals surface area contributed by atoms with Gasteiger partial charge in [-0.1, -0.05) is 18.2 Å². The smallest absolute Gasteiger partial charge is 0.127 e. The highest BCUT2D eigenvalue weighted by atomic mass is 16.5. The molecule has 20 heavy (non-hydrogen) atoms. The van der Waals surface area contributed by atoms with Gasteiger partial charge in [0.25, 0.3) is 0 Å². The Morgan fingerprint density at radius 3 is 2.20 bits per heavy atom. The Bertz CT molecular complexity index is 561. The highest BCUT2D eigenvalue weighted by Crippen LogP contribution is 2.34. The summed E-state index contributed by atoms with van der Waals surface area (Å²) in [7, 11) is 2.08. The summed E-state index contributed by atoms with van der Waals surface area (Å²) in [6.45, 7) is 0.909. The molecule has 0 bridgehead atoms. The van der Waals surface area contributed by atoms with E-state index < -0.39 is 0 Å². The van der Waals surface area contributed by atoms with Crippen LogP contribution in [0, 0.1) is 0 Å². The first kappa shape index (κ1) is 13.0. The van der Waals surface area contributed by atoms with Gasteiger partial charge in [0.1, 0.15) is 11.5 Å². The minimum Gasteiger partial charge on any atom is -0.457 e. The molecule has 0 aromatic heterocycles. The number of anilines is 1. The molecule has 0 aliphatic heterocycles. The number of hydrogen-bond donors (Lipinski definition) is 1. The molecule has 2 aromatic carbocycles. The van der Waals surface area contributed by atoms with E-state index in [9.17, 15) is 0 Å². The van der Waals surface area contributed by atoms with Crippen molar-refractivity contribution < 1.29 is 4.74 Å². The van der Waals surface area contributed by atoms with Crippen LogP contribution in [0.5, 0.6) is 11.5 Å². The second-order valence-electron chi connectivity index (χ2n) is 5.63. The minimum atomic E-state index is 0.0357. The van der Waals surface area contributed by atoms with E-state index in [-0.39, 0.29) is 5.54 Å². The fourth-order valence-corrected chi connectivity index (χ4v) is 2.28. The summed E-state index contributed by atoms with van der Waals surface area (Å²) >= 11 is 0. The molecule has 0 heterocycles. The molecule has 3 heteroatoms. The number of benzene rings is 2. The van der Waals surface area contributed by atoms with Crippen LogP contribution < -0.4 is 15.4 Å². The average Bonchev–Trinajstić information content (AvgIpc) is 3.18. The molecular formula is C17H20N2O. The maximum Gasteiger partial charge on any atom is 0.127 e. The Kier molecular flexibility index (Phi) is 3.36. The topological polar surface area (TPSA) is 38.5 Å². The zero-order chi connectivity index (χ0) is 14.0. The van der Waals surface area contributed by atoms with Crippen molar-refractivity contribution in [2.24, 2.45) is 5.73 Å². The van der Waals surface area contributed by atoms with Crippen molar-refractivity contribution >= 4 is 5.69 Å². The van der Waals surface area contributed by atoms with Crippen LogP contribution in [0.2, 0.25) is 0 Å². The summed E-state index contributed by atoms with van der Waals surface area (Å²) in [5, 5.41) is 0. The van der Waals surface area contributed by atoms with E-state index in [4.69, 9.17) is 10.5 Å². The highest BCUT2D eigenvalue weighted by Gasteiger charge is 2.39. The summed E-state index contributed by atoms with van der Waals surface area (Å²) in [6, 6.07) is 17.9. The lowest BCUT2D eigenvalue weighted by molar-refractivity contribution is 0.482. The van der Waals surface area contributed by atoms with E-state index in [1.54, 1.807) is 0 Å². The molecule has 0 saturated heterocycles. The third kappa shape index (κ3) is 3.11. The van der Waals surface area contributed by atoms with E-state index in [1.165, 1.54) is 5.69 Å². The van der Waals surface area contributed by atoms with Crippen LogP contribution in [-0.4, -0.2) is 19.1 Å². The molecule has 0 unspecified atom stereocenters. The van der Waals surface area contributed by atoms with Crippen molar-refractivity contribution in [1.29, 1.82) is 0 Å². The molecule has 3 rings (SSSR count). The van der Waals surface area contributed by atoms with Crippen molar-refractivity contribution in [3.8, 4) is 11.5 Å². The largest absolute Gasteiger partial charge is 0.457 e. The number of hydrogen-bond acceptors (Lipinski definition) is 3. The van der Waals surface area contributed by atoms with Crippen molar-refractivity contribution in [3.05, 3.63) is 54.6 Å². The molecule has 1 aliphatic rings. The third-order valence-corrected chi connectivity index (χ3v) is 3.70. The Labute approximate surface area is 120 Å². The third-order valence-electron chi connectivity index (χ3n) is 3.70. The van der Waals surface area contributed by atoms with Gasteiger partial charge in [-0.25, -0.2) is 0 Å². The van der Waals surface area contributed by atoms with E-state index in [1.807, 2.05) is 42.5 Å². The Morgan fingerprint density at radius 2 is 1.60 bits per heavy atom. The second kappa shape index (κ2) is 5.17. The molecular weight excluding hydrogens is 248 g/mol. The highest BCUT2D eigenvalue weighted by molar-refractivity contribution is 5.49. The quantitative estimate of drug-likeness (QED) is 0.903. The summed E-state index contributed by atoms with van der Waals surface area (Å²) in [4.78, 5) is 2.21. The Hall–Kier alpha value is -2.00. The van der Waals surface area contributed by atoms with E-state index in [0.29, 0.717) is 0 Å². The standard InChI is InChI=1S/C17H20N2O/c1-19(13-17(18)11-12-17)14-7-9-16(10-8-14)20-15-5-3-2-4-6-15/h2-10H,11-13,18H2,1H3. The lowest BCUT2D eigenvalue weighted by atomic mass is 10.2. The van der Waals surface area contributed by atoms with Crippen LogP contribution in [0.3, 0.4) is 0 Å². The average molecular weight is 268 g/mol. The van der Waals surface area contributed by atoms with Crippen LogP contribution in [-0.2, 0) is 0 Å². The number of rotatable bonds is 5. The first-order valence-electron chi connectivity index (χ1n) is 6.98. The molecule has 2 N–H and O–H groups in total. The predicted molar refractivity (Wildman–Crippen MR) is 82.4 cm³/mol. The van der Waals surface area contributed by atoms with Crippen LogP contribution in [0.25, 0.3) is 0 Å². The predicted octanol–water partition coefficient (Wildman–Crippen LogP) is 3.41. The molecule has 0 radical (unpaired) electrons. The fourth-order valence-electron chi connectivity index (χ4n) is 2.28. The van der Waals surface area contributed by atoms with Gasteiger partial charge in [-0.2, -0.15) is 0 Å². The van der Waals surface area contributed by atoms with Crippen LogP contribution in [0.4, 0.5) is 5.69 Å². The maximum absolute atomic E-state index is 6.15. The molecule has 0 amide bonds. The molecule has 1 aliphatic carbocycles. The Balaban J connectivity index is 1.65. The van der Waals surface area contributed by atoms with Crippen molar-refractivity contribution in [2.45, 2.75) is 18.4 Å². The molecule has 1 fully saturated rings. The van der Waals surface area contributed by atoms with Gasteiger partial charge in [0.05, 0.1) is 0 Å². The van der Waals surface area contributed by atoms with Crippen molar-refractivity contribution in [2.75, 3.05) is 18.5 Å². The van der Waals surface area contributed by atoms with Crippen LogP contribution in [0.1, 0.15) is 12.8 Å². The van der Waals surface area contributed by atoms with Crippen molar-refractivity contribution in [3.63, 3.8) is 0 Å². The monoisotopic (exact) mass is 268 g/mol. The fraction of sp³-hybridized carbons (Fsp3) is 0.294. The summed E-state index contributed by atoms with van der Waals surface area (Å²) in [5.41, 5.74) is 7.35. The van der Waals surface area contributed by atoms with Gasteiger partial charge in [0.2, 0.25) is 0 Å². The number of nitrogens with two attached hydrogens (primary N) is 1. The molecule has 2 aromatic rings. The van der Waals surface area contributed by atoms with Gasteiger partial charge in [-0.05, 0) is 49.2 Å². The zero-order valence-electron chi connectivity index (χ0n) is 11.8. The second-order valence-corrected chi connectivity index (χ2v) is 5.63. The van der Waals surface area contributed by atoms with Gasteiger partial charge >= 0.3 is 0 Å². The number of para-hydroxylation sites is 1. The Morgan fingerprint density at radius 1 is 1.00 bits per heavy atom. The number of likely N-dealkylation sites (N-methyl/N-ethyl adjacent to an activating group) is 1. The molecule has 104 valence electrons. The number of nitrogens with zero attached hydrogens (tertiary/aromatic N) is 1.